The third-order valence-electron chi connectivity index (χ3n) is 4.77. The van der Waals surface area contributed by atoms with E-state index in [2.05, 4.69) is 26.2 Å². The molecule has 4 rings (SSSR count). The number of fused-ring (bicyclic) bond motifs is 1. The number of benzene rings is 2. The maximum absolute atomic E-state index is 13.1. The number of hydrogen-bond acceptors (Lipinski definition) is 3. The van der Waals surface area contributed by atoms with Crippen LogP contribution in [0.15, 0.2) is 59.1 Å². The summed E-state index contributed by atoms with van der Waals surface area (Å²) in [6, 6.07) is 16.3. The maximum Gasteiger partial charge on any atom is 0.325 e. The van der Waals surface area contributed by atoms with Gasteiger partial charge in [0.2, 0.25) is 0 Å². The lowest BCUT2D eigenvalue weighted by Crippen LogP contribution is -2.41. The molecule has 0 bridgehead atoms. The number of nitrogens with zero attached hydrogens (tertiary/aromatic N) is 2. The molecule has 1 N–H and O–H groups in total. The lowest BCUT2D eigenvalue weighted by molar-refractivity contribution is -0.131. The average Bonchev–Trinajstić information content (AvgIpc) is 2.86. The van der Waals surface area contributed by atoms with E-state index in [1.807, 2.05) is 54.6 Å². The molecule has 5 nitrogen and oxygen atoms in total. The molecule has 0 saturated carbocycles. The number of pyridine rings is 1. The zero-order valence-electron chi connectivity index (χ0n) is 14.4. The van der Waals surface area contributed by atoms with Crippen LogP contribution in [0.2, 0.25) is 5.15 Å². The van der Waals surface area contributed by atoms with E-state index in [-0.39, 0.29) is 17.6 Å². The number of rotatable bonds is 3. The van der Waals surface area contributed by atoms with Gasteiger partial charge >= 0.3 is 6.03 Å². The van der Waals surface area contributed by atoms with Gasteiger partial charge in [0.1, 0.15) is 10.7 Å². The molecule has 2 heterocycles. The van der Waals surface area contributed by atoms with Crippen LogP contribution in [0.3, 0.4) is 0 Å². The van der Waals surface area contributed by atoms with Gasteiger partial charge in [0.05, 0.1) is 12.1 Å². The van der Waals surface area contributed by atoms with Gasteiger partial charge in [0.15, 0.2) is 0 Å². The fourth-order valence-electron chi connectivity index (χ4n) is 3.31. The van der Waals surface area contributed by atoms with Crippen molar-refractivity contribution in [2.45, 2.75) is 19.0 Å². The molecular weight excluding hydrogens is 430 g/mol. The lowest BCUT2D eigenvalue weighted by Gasteiger charge is -2.23. The molecular formula is C20H15BrClN3O2. The summed E-state index contributed by atoms with van der Waals surface area (Å²) in [7, 11) is 0. The highest BCUT2D eigenvalue weighted by atomic mass is 79.9. The zero-order valence-corrected chi connectivity index (χ0v) is 16.7. The first-order valence-electron chi connectivity index (χ1n) is 8.33. The fourth-order valence-corrected chi connectivity index (χ4v) is 4.19. The molecule has 3 amide bonds. The van der Waals surface area contributed by atoms with Crippen molar-refractivity contribution >= 4 is 50.4 Å². The van der Waals surface area contributed by atoms with Crippen LogP contribution in [0.1, 0.15) is 18.1 Å². The normalized spacial score (nSPS) is 19.6. The summed E-state index contributed by atoms with van der Waals surface area (Å²) < 4.78 is 0.758. The van der Waals surface area contributed by atoms with Crippen LogP contribution < -0.4 is 5.32 Å². The molecule has 1 fully saturated rings. The molecule has 1 unspecified atom stereocenters. The first-order chi connectivity index (χ1) is 12.9. The van der Waals surface area contributed by atoms with Gasteiger partial charge in [-0.05, 0) is 25.1 Å². The van der Waals surface area contributed by atoms with Crippen molar-refractivity contribution < 1.29 is 9.59 Å². The van der Waals surface area contributed by atoms with Crippen LogP contribution in [0, 0.1) is 0 Å². The minimum atomic E-state index is -1.14. The van der Waals surface area contributed by atoms with E-state index in [1.165, 1.54) is 4.90 Å². The molecule has 3 aromatic rings. The molecule has 1 atom stereocenters. The molecule has 1 aromatic heterocycles. The van der Waals surface area contributed by atoms with Crippen molar-refractivity contribution in [2.24, 2.45) is 0 Å². The van der Waals surface area contributed by atoms with Crippen molar-refractivity contribution in [3.8, 4) is 0 Å². The monoisotopic (exact) mass is 443 g/mol. The number of carbonyl (C=O) groups excluding carboxylic acids is 2. The summed E-state index contributed by atoms with van der Waals surface area (Å²) in [6.07, 6.45) is 0. The molecule has 1 aliphatic heterocycles. The number of imide groups is 1. The van der Waals surface area contributed by atoms with E-state index in [0.717, 1.165) is 15.4 Å². The van der Waals surface area contributed by atoms with Gasteiger partial charge in [-0.25, -0.2) is 9.78 Å². The predicted molar refractivity (Wildman–Crippen MR) is 107 cm³/mol. The van der Waals surface area contributed by atoms with Crippen molar-refractivity contribution in [1.82, 2.24) is 15.2 Å². The molecule has 1 saturated heterocycles. The maximum atomic E-state index is 13.1. The number of urea groups is 1. The second-order valence-corrected chi connectivity index (χ2v) is 7.77. The lowest BCUT2D eigenvalue weighted by atomic mass is 9.92. The van der Waals surface area contributed by atoms with Crippen molar-refractivity contribution in [3.05, 3.63) is 75.4 Å². The number of nitrogens with one attached hydrogen (secondary N) is 1. The smallest absolute Gasteiger partial charge is 0.319 e. The molecule has 136 valence electrons. The van der Waals surface area contributed by atoms with Crippen molar-refractivity contribution in [1.29, 1.82) is 0 Å². The Labute approximate surface area is 169 Å². The fraction of sp³-hybridized carbons (Fsp3) is 0.150. The van der Waals surface area contributed by atoms with Gasteiger partial charge in [-0.1, -0.05) is 63.9 Å². The van der Waals surface area contributed by atoms with Gasteiger partial charge in [-0.2, -0.15) is 0 Å². The summed E-state index contributed by atoms with van der Waals surface area (Å²) in [6.45, 7) is 1.76. The minimum Gasteiger partial charge on any atom is -0.319 e. The van der Waals surface area contributed by atoms with E-state index in [1.54, 1.807) is 6.92 Å². The van der Waals surface area contributed by atoms with Crippen molar-refractivity contribution in [3.63, 3.8) is 0 Å². The summed E-state index contributed by atoms with van der Waals surface area (Å²) in [5, 5.41) is 3.99. The Hall–Kier alpha value is -2.44. The van der Waals surface area contributed by atoms with Crippen LogP contribution in [-0.4, -0.2) is 21.8 Å². The Balaban J connectivity index is 1.69. The van der Waals surface area contributed by atoms with Gasteiger partial charge in [-0.15, -0.1) is 0 Å². The van der Waals surface area contributed by atoms with E-state index >= 15 is 0 Å². The largest absolute Gasteiger partial charge is 0.325 e. The molecule has 0 spiro atoms. The number of carbonyl (C=O) groups is 2. The molecule has 7 heteroatoms. The molecule has 0 radical (unpaired) electrons. The van der Waals surface area contributed by atoms with Gasteiger partial charge in [-0.3, -0.25) is 9.69 Å². The number of amides is 3. The van der Waals surface area contributed by atoms with E-state index < -0.39 is 11.6 Å². The first kappa shape index (κ1) is 17.9. The SMILES string of the molecule is CC1(c2ccccc2Br)NC(=O)N(Cc2cc3ccccc3nc2Cl)C1=O. The molecule has 27 heavy (non-hydrogen) atoms. The first-order valence-corrected chi connectivity index (χ1v) is 9.50. The number of halogens is 2. The minimum absolute atomic E-state index is 0.0569. The molecule has 0 aliphatic carbocycles. The molecule has 2 aromatic carbocycles. The third kappa shape index (κ3) is 2.99. The second kappa shape index (κ2) is 6.62. The second-order valence-electron chi connectivity index (χ2n) is 6.56. The Kier molecular flexibility index (Phi) is 4.40. The Morgan fingerprint density at radius 1 is 1.15 bits per heavy atom. The number of para-hydroxylation sites is 1. The Morgan fingerprint density at radius 3 is 2.63 bits per heavy atom. The summed E-state index contributed by atoms with van der Waals surface area (Å²) >= 11 is 9.76. The van der Waals surface area contributed by atoms with Gasteiger partial charge < -0.3 is 5.32 Å². The van der Waals surface area contributed by atoms with Gasteiger partial charge in [0, 0.05) is 21.0 Å². The quantitative estimate of drug-likeness (QED) is 0.474. The van der Waals surface area contributed by atoms with E-state index in [0.29, 0.717) is 11.1 Å². The summed E-state index contributed by atoms with van der Waals surface area (Å²) in [4.78, 5) is 31.2. The Morgan fingerprint density at radius 2 is 1.85 bits per heavy atom. The van der Waals surface area contributed by atoms with Crippen molar-refractivity contribution in [2.75, 3.05) is 0 Å². The van der Waals surface area contributed by atoms with E-state index in [4.69, 9.17) is 11.6 Å². The van der Waals surface area contributed by atoms with Crippen LogP contribution in [-0.2, 0) is 16.9 Å². The highest BCUT2D eigenvalue weighted by Crippen LogP contribution is 2.34. The van der Waals surface area contributed by atoms with Crippen LogP contribution in [0.25, 0.3) is 10.9 Å². The molecule has 1 aliphatic rings. The third-order valence-corrected chi connectivity index (χ3v) is 5.78. The van der Waals surface area contributed by atoms with Crippen LogP contribution in [0.4, 0.5) is 4.79 Å². The van der Waals surface area contributed by atoms with Crippen LogP contribution >= 0.6 is 27.5 Å². The van der Waals surface area contributed by atoms with E-state index in [9.17, 15) is 9.59 Å². The zero-order chi connectivity index (χ0) is 19.2. The highest BCUT2D eigenvalue weighted by Gasteiger charge is 2.49. The highest BCUT2D eigenvalue weighted by molar-refractivity contribution is 9.10. The van der Waals surface area contributed by atoms with Crippen LogP contribution in [0.5, 0.6) is 0 Å². The number of aromatic nitrogens is 1. The standard InChI is InChI=1S/C20H15BrClN3O2/c1-20(14-7-3-4-8-15(14)21)18(26)25(19(27)24-20)11-13-10-12-6-2-5-9-16(12)23-17(13)22/h2-10H,11H2,1H3,(H,24,27). The summed E-state index contributed by atoms with van der Waals surface area (Å²) in [5.41, 5.74) is 0.943. The van der Waals surface area contributed by atoms with Gasteiger partial charge in [0.25, 0.3) is 5.91 Å². The summed E-state index contributed by atoms with van der Waals surface area (Å²) in [5.74, 6) is -0.330. The average molecular weight is 445 g/mol. The topological polar surface area (TPSA) is 62.3 Å². The predicted octanol–water partition coefficient (Wildman–Crippen LogP) is 4.62. The Bertz CT molecular complexity index is 1090. The number of hydrogen-bond donors (Lipinski definition) is 1.